The minimum absolute atomic E-state index is 0.150. The number of hydrogen-bond acceptors (Lipinski definition) is 5. The number of benzene rings is 2. The van der Waals surface area contributed by atoms with Crippen LogP contribution >= 0.6 is 0 Å². The Balaban J connectivity index is 1.57. The third-order valence-corrected chi connectivity index (χ3v) is 6.32. The zero-order valence-electron chi connectivity index (χ0n) is 19.6. The van der Waals surface area contributed by atoms with Crippen LogP contribution in [0.2, 0.25) is 0 Å². The number of para-hydroxylation sites is 1. The maximum absolute atomic E-state index is 14.5. The Kier molecular flexibility index (Phi) is 5.10. The highest BCUT2D eigenvalue weighted by molar-refractivity contribution is 5.96. The molecule has 8 nitrogen and oxygen atoms in total. The molecule has 2 N–H and O–H groups in total. The van der Waals surface area contributed by atoms with Gasteiger partial charge in [-0.3, -0.25) is 14.0 Å². The Bertz CT molecular complexity index is 1790. The number of aryl methyl sites for hydroxylation is 1. The fourth-order valence-electron chi connectivity index (χ4n) is 4.66. The monoisotopic (exact) mass is 479 g/mol. The summed E-state index contributed by atoms with van der Waals surface area (Å²) < 4.78 is 17.9. The number of aromatic amines is 1. The van der Waals surface area contributed by atoms with E-state index in [0.717, 1.165) is 22.2 Å². The van der Waals surface area contributed by atoms with Gasteiger partial charge in [0.25, 0.3) is 5.56 Å². The number of rotatable bonds is 5. The van der Waals surface area contributed by atoms with Gasteiger partial charge in [0, 0.05) is 36.4 Å². The summed E-state index contributed by atoms with van der Waals surface area (Å²) in [7, 11) is 1.85. The Labute approximate surface area is 205 Å². The molecule has 0 bridgehead atoms. The summed E-state index contributed by atoms with van der Waals surface area (Å²) in [6.45, 7) is 1.92. The van der Waals surface area contributed by atoms with E-state index >= 15 is 0 Å². The quantitative estimate of drug-likeness (QED) is 0.364. The summed E-state index contributed by atoms with van der Waals surface area (Å²) in [5.41, 5.74) is 3.37. The molecule has 2 aromatic carbocycles. The van der Waals surface area contributed by atoms with Crippen LogP contribution in [0, 0.1) is 5.82 Å². The van der Waals surface area contributed by atoms with Crippen LogP contribution in [0.4, 0.5) is 10.2 Å². The highest BCUT2D eigenvalue weighted by Gasteiger charge is 2.21. The van der Waals surface area contributed by atoms with E-state index in [0.29, 0.717) is 22.5 Å². The fraction of sp³-hybridized carbons (Fsp3) is 0.111. The van der Waals surface area contributed by atoms with Crippen molar-refractivity contribution in [2.45, 2.75) is 13.0 Å². The summed E-state index contributed by atoms with van der Waals surface area (Å²) in [5.74, 6) is -0.0945. The van der Waals surface area contributed by atoms with Crippen LogP contribution < -0.4 is 10.9 Å². The lowest BCUT2D eigenvalue weighted by Crippen LogP contribution is -2.26. The number of nitrogens with zero attached hydrogens (tertiary/aromatic N) is 5. The Morgan fingerprint density at radius 1 is 1.06 bits per heavy atom. The first-order chi connectivity index (χ1) is 17.5. The zero-order valence-corrected chi connectivity index (χ0v) is 19.6. The van der Waals surface area contributed by atoms with E-state index in [4.69, 9.17) is 0 Å². The first-order valence-electron chi connectivity index (χ1n) is 11.5. The van der Waals surface area contributed by atoms with Crippen molar-refractivity contribution in [3.63, 3.8) is 0 Å². The molecule has 178 valence electrons. The van der Waals surface area contributed by atoms with Gasteiger partial charge in [-0.15, -0.1) is 0 Å². The number of H-pyrrole nitrogens is 1. The number of anilines is 1. The largest absolute Gasteiger partial charge is 0.361 e. The van der Waals surface area contributed by atoms with Gasteiger partial charge in [-0.2, -0.15) is 5.10 Å². The van der Waals surface area contributed by atoms with Gasteiger partial charge >= 0.3 is 0 Å². The van der Waals surface area contributed by atoms with E-state index < -0.39 is 11.9 Å². The lowest BCUT2D eigenvalue weighted by Gasteiger charge is -2.22. The molecule has 0 amide bonds. The minimum atomic E-state index is -0.444. The summed E-state index contributed by atoms with van der Waals surface area (Å²) in [5, 5.41) is 9.26. The van der Waals surface area contributed by atoms with Crippen molar-refractivity contribution in [3.05, 3.63) is 101 Å². The van der Waals surface area contributed by atoms with Gasteiger partial charge in [0.1, 0.15) is 17.8 Å². The van der Waals surface area contributed by atoms with E-state index in [2.05, 4.69) is 25.4 Å². The predicted octanol–water partition coefficient (Wildman–Crippen LogP) is 4.97. The molecular formula is C27H22FN7O. The molecule has 1 unspecified atom stereocenters. The standard InChI is InChI=1S/C27H22FN7O/c1-16(33-26-24-21(28)13-29-25(24)30-15-31-26)22-11-17-7-6-10-20(18-12-32-34(2)14-18)23(17)27(36)35(22)19-8-4-3-5-9-19/h3-16H,1-2H3,(H2,29,30,31,33). The molecule has 0 aliphatic carbocycles. The van der Waals surface area contributed by atoms with Crippen molar-refractivity contribution in [1.82, 2.24) is 29.3 Å². The Morgan fingerprint density at radius 3 is 2.67 bits per heavy atom. The van der Waals surface area contributed by atoms with Crippen molar-refractivity contribution >= 4 is 27.6 Å². The van der Waals surface area contributed by atoms with Crippen LogP contribution in [0.1, 0.15) is 18.7 Å². The number of aromatic nitrogens is 6. The van der Waals surface area contributed by atoms with Crippen molar-refractivity contribution in [2.24, 2.45) is 7.05 Å². The van der Waals surface area contributed by atoms with Gasteiger partial charge < -0.3 is 10.3 Å². The molecule has 4 aromatic heterocycles. The normalized spacial score (nSPS) is 12.3. The minimum Gasteiger partial charge on any atom is -0.361 e. The van der Waals surface area contributed by atoms with E-state index in [1.807, 2.05) is 74.8 Å². The first kappa shape index (κ1) is 21.7. The Hall–Kier alpha value is -4.79. The molecule has 1 atom stereocenters. The van der Waals surface area contributed by atoms with E-state index in [1.54, 1.807) is 15.4 Å². The highest BCUT2D eigenvalue weighted by Crippen LogP contribution is 2.31. The molecule has 0 radical (unpaired) electrons. The van der Waals surface area contributed by atoms with E-state index in [-0.39, 0.29) is 10.9 Å². The van der Waals surface area contributed by atoms with Gasteiger partial charge in [-0.05, 0) is 36.1 Å². The molecule has 9 heteroatoms. The van der Waals surface area contributed by atoms with Crippen LogP contribution in [0.25, 0.3) is 38.6 Å². The maximum atomic E-state index is 14.5. The van der Waals surface area contributed by atoms with E-state index in [9.17, 15) is 9.18 Å². The molecule has 0 fully saturated rings. The SMILES string of the molecule is CC(Nc1ncnc2[nH]cc(F)c12)c1cc2cccc(-c3cnn(C)c3)c2c(=O)n1-c1ccccc1. The lowest BCUT2D eigenvalue weighted by atomic mass is 9.99. The summed E-state index contributed by atoms with van der Waals surface area (Å²) in [6, 6.07) is 16.9. The number of fused-ring (bicyclic) bond motifs is 2. The van der Waals surface area contributed by atoms with Crippen molar-refractivity contribution in [1.29, 1.82) is 0 Å². The van der Waals surface area contributed by atoms with Gasteiger partial charge in [-0.25, -0.2) is 14.4 Å². The van der Waals surface area contributed by atoms with Crippen molar-refractivity contribution in [2.75, 3.05) is 5.32 Å². The number of halogens is 1. The predicted molar refractivity (Wildman–Crippen MR) is 138 cm³/mol. The maximum Gasteiger partial charge on any atom is 0.263 e. The molecular weight excluding hydrogens is 457 g/mol. The summed E-state index contributed by atoms with van der Waals surface area (Å²) in [4.78, 5) is 25.3. The third kappa shape index (κ3) is 3.52. The topological polar surface area (TPSA) is 93.4 Å². The Morgan fingerprint density at radius 2 is 1.89 bits per heavy atom. The van der Waals surface area contributed by atoms with Crippen molar-refractivity contribution < 1.29 is 4.39 Å². The molecule has 6 rings (SSSR count). The first-order valence-corrected chi connectivity index (χ1v) is 11.5. The van der Waals surface area contributed by atoms with Gasteiger partial charge in [0.05, 0.1) is 23.0 Å². The second-order valence-corrected chi connectivity index (χ2v) is 8.67. The van der Waals surface area contributed by atoms with Gasteiger partial charge in [-0.1, -0.05) is 36.4 Å². The molecule has 6 aromatic rings. The van der Waals surface area contributed by atoms with Crippen LogP contribution in [0.5, 0.6) is 0 Å². The molecule has 0 saturated heterocycles. The molecule has 4 heterocycles. The second-order valence-electron chi connectivity index (χ2n) is 8.67. The molecule has 0 aliphatic heterocycles. The van der Waals surface area contributed by atoms with Crippen LogP contribution in [0.3, 0.4) is 0 Å². The number of nitrogens with one attached hydrogen (secondary N) is 2. The number of pyridine rings is 1. The van der Waals surface area contributed by atoms with Crippen molar-refractivity contribution in [3.8, 4) is 16.8 Å². The van der Waals surface area contributed by atoms with Crippen LogP contribution in [0.15, 0.2) is 84.3 Å². The average molecular weight is 480 g/mol. The average Bonchev–Trinajstić information content (AvgIpc) is 3.50. The van der Waals surface area contributed by atoms with Crippen LogP contribution in [-0.2, 0) is 7.05 Å². The zero-order chi connectivity index (χ0) is 24.8. The summed E-state index contributed by atoms with van der Waals surface area (Å²) in [6.07, 6.45) is 6.28. The third-order valence-electron chi connectivity index (χ3n) is 6.32. The second kappa shape index (κ2) is 8.46. The van der Waals surface area contributed by atoms with Gasteiger partial charge in [0.15, 0.2) is 5.82 Å². The van der Waals surface area contributed by atoms with Gasteiger partial charge in [0.2, 0.25) is 0 Å². The molecule has 0 spiro atoms. The van der Waals surface area contributed by atoms with E-state index in [1.165, 1.54) is 12.5 Å². The molecule has 0 saturated carbocycles. The molecule has 36 heavy (non-hydrogen) atoms. The number of hydrogen-bond donors (Lipinski definition) is 2. The smallest absolute Gasteiger partial charge is 0.263 e. The highest BCUT2D eigenvalue weighted by atomic mass is 19.1. The molecule has 0 aliphatic rings. The summed E-state index contributed by atoms with van der Waals surface area (Å²) >= 11 is 0. The van der Waals surface area contributed by atoms with Crippen LogP contribution in [-0.4, -0.2) is 29.3 Å². The fourth-order valence-corrected chi connectivity index (χ4v) is 4.66. The lowest BCUT2D eigenvalue weighted by molar-refractivity contribution is 0.639.